The maximum absolute atomic E-state index is 11.7. The molecule has 1 N–H and O–H groups in total. The molecule has 8 aromatic rings. The Balaban J connectivity index is 0.00000595. The van der Waals surface area contributed by atoms with Gasteiger partial charge in [0.25, 0.3) is 0 Å². The number of hydrogen-bond donors (Lipinski definition) is 1. The van der Waals surface area contributed by atoms with E-state index in [1.54, 1.807) is 6.07 Å². The molecular formula is C56H60N5OPt-. The summed E-state index contributed by atoms with van der Waals surface area (Å²) in [5.41, 5.74) is 15.6. The molecule has 0 saturated carbocycles. The van der Waals surface area contributed by atoms with E-state index in [1.165, 1.54) is 22.3 Å². The number of benzene rings is 4. The van der Waals surface area contributed by atoms with E-state index in [-0.39, 0.29) is 43.1 Å². The van der Waals surface area contributed by atoms with Crippen LogP contribution in [0.5, 0.6) is 5.75 Å². The molecule has 0 aliphatic heterocycles. The minimum atomic E-state index is -0.151. The van der Waals surface area contributed by atoms with Crippen LogP contribution in [0.15, 0.2) is 110 Å². The van der Waals surface area contributed by atoms with E-state index in [0.29, 0.717) is 23.2 Å². The quantitative estimate of drug-likeness (QED) is 0.161. The Morgan fingerprint density at radius 2 is 1.16 bits per heavy atom. The van der Waals surface area contributed by atoms with Gasteiger partial charge in [0.15, 0.2) is 0 Å². The van der Waals surface area contributed by atoms with Crippen molar-refractivity contribution in [3.8, 4) is 56.2 Å². The molecule has 0 atom stereocenters. The van der Waals surface area contributed by atoms with Crippen molar-refractivity contribution in [1.82, 2.24) is 24.5 Å². The van der Waals surface area contributed by atoms with Crippen LogP contribution < -0.4 is 0 Å². The summed E-state index contributed by atoms with van der Waals surface area (Å²) in [6.45, 7) is 29.0. The minimum Gasteiger partial charge on any atom is -0.507 e. The molecule has 7 heteroatoms. The molecule has 8 rings (SSSR count). The van der Waals surface area contributed by atoms with Crippen LogP contribution in [0.1, 0.15) is 130 Å². The maximum atomic E-state index is 11.7. The second-order valence-corrected chi connectivity index (χ2v) is 20.7. The molecule has 0 aliphatic rings. The summed E-state index contributed by atoms with van der Waals surface area (Å²) in [6, 6.07) is 32.1. The van der Waals surface area contributed by atoms with Gasteiger partial charge in [-0.05, 0) is 121 Å². The number of hydrogen-bond acceptors (Lipinski definition) is 5. The SMILES string of the molecule is CC(C)c1cc(-c2cc(-c3[c-]c(-c4cncc5c(C(C)(C)C)ccnc45)cnc3)c3nc(-c4cc(C(C)(C)C)ccc4O)n(-c4ccc(C(C)(C)C)cc4)c3c2)cc(C(C)C)c1.[Pt]. The zero-order valence-electron chi connectivity index (χ0n) is 39.0. The van der Waals surface area contributed by atoms with Crippen molar-refractivity contribution in [3.63, 3.8) is 0 Å². The summed E-state index contributed by atoms with van der Waals surface area (Å²) in [5, 5.41) is 12.7. The number of fused-ring (bicyclic) bond motifs is 2. The molecule has 0 fully saturated rings. The summed E-state index contributed by atoms with van der Waals surface area (Å²) in [7, 11) is 0. The Morgan fingerprint density at radius 3 is 1.76 bits per heavy atom. The first kappa shape index (κ1) is 45.6. The maximum Gasteiger partial charge on any atom is 0.148 e. The number of phenolic OH excluding ortho intramolecular Hbond substituents is 1. The van der Waals surface area contributed by atoms with Crippen molar-refractivity contribution >= 4 is 21.9 Å². The molecule has 326 valence electrons. The van der Waals surface area contributed by atoms with Crippen LogP contribution in [-0.2, 0) is 37.3 Å². The number of aromatic hydroxyl groups is 1. The van der Waals surface area contributed by atoms with Crippen molar-refractivity contribution in [3.05, 3.63) is 144 Å². The van der Waals surface area contributed by atoms with E-state index in [1.807, 2.05) is 37.1 Å². The Labute approximate surface area is 388 Å². The molecule has 0 aliphatic carbocycles. The number of aromatic nitrogens is 5. The van der Waals surface area contributed by atoms with Gasteiger partial charge < -0.3 is 10.1 Å². The van der Waals surface area contributed by atoms with E-state index in [9.17, 15) is 5.11 Å². The number of phenols is 1. The van der Waals surface area contributed by atoms with Crippen LogP contribution in [0.2, 0.25) is 0 Å². The van der Waals surface area contributed by atoms with Crippen molar-refractivity contribution in [2.45, 2.75) is 118 Å². The molecule has 0 saturated heterocycles. The topological polar surface area (TPSA) is 76.7 Å². The van der Waals surface area contributed by atoms with Crippen LogP contribution in [0.4, 0.5) is 0 Å². The van der Waals surface area contributed by atoms with E-state index < -0.39 is 0 Å². The first-order chi connectivity index (χ1) is 29.2. The fourth-order valence-electron chi connectivity index (χ4n) is 8.38. The van der Waals surface area contributed by atoms with E-state index in [4.69, 9.17) is 19.9 Å². The Bertz CT molecular complexity index is 2950. The van der Waals surface area contributed by atoms with Gasteiger partial charge in [-0.3, -0.25) is 14.5 Å². The zero-order chi connectivity index (χ0) is 44.5. The predicted octanol–water partition coefficient (Wildman–Crippen LogP) is 14.7. The Kier molecular flexibility index (Phi) is 12.2. The number of pyridine rings is 3. The molecule has 0 amide bonds. The molecular weight excluding hydrogens is 954 g/mol. The van der Waals surface area contributed by atoms with Gasteiger partial charge in [-0.1, -0.05) is 149 Å². The van der Waals surface area contributed by atoms with Crippen molar-refractivity contribution in [2.75, 3.05) is 0 Å². The van der Waals surface area contributed by atoms with Gasteiger partial charge in [-0.25, -0.2) is 4.98 Å². The Hall–Kier alpha value is -5.45. The van der Waals surface area contributed by atoms with Crippen molar-refractivity contribution < 1.29 is 26.2 Å². The standard InChI is InChI=1S/C56H60N5O.Pt/c1-33(2)35-22-36(34(3)4)24-37(23-35)38-26-44(39-25-40(30-57-29-39)46-31-58-32-47-48(56(11,12)13)20-21-59-51(46)47)52-49(27-38)61(43-17-14-41(15-18-43)54(5,6)7)53(60-52)45-28-42(55(8,9)10)16-19-50(45)62;/h14-24,26-34,62H,1-13H3;/q-1;. The summed E-state index contributed by atoms with van der Waals surface area (Å²) in [4.78, 5) is 20.0. The van der Waals surface area contributed by atoms with Crippen molar-refractivity contribution in [2.24, 2.45) is 0 Å². The van der Waals surface area contributed by atoms with E-state index in [0.717, 1.165) is 66.6 Å². The molecule has 0 bridgehead atoms. The number of imidazole rings is 1. The second kappa shape index (κ2) is 16.9. The van der Waals surface area contributed by atoms with Crippen LogP contribution >= 0.6 is 0 Å². The molecule has 63 heavy (non-hydrogen) atoms. The number of nitrogens with zero attached hydrogens (tertiary/aromatic N) is 5. The molecule has 4 heterocycles. The van der Waals surface area contributed by atoms with Crippen LogP contribution in [0, 0.1) is 6.07 Å². The summed E-state index contributed by atoms with van der Waals surface area (Å²) >= 11 is 0. The third kappa shape index (κ3) is 8.89. The van der Waals surface area contributed by atoms with E-state index in [2.05, 4.69) is 167 Å². The van der Waals surface area contributed by atoms with Crippen molar-refractivity contribution in [1.29, 1.82) is 0 Å². The molecule has 4 aromatic carbocycles. The third-order valence-corrected chi connectivity index (χ3v) is 12.2. The molecule has 0 unspecified atom stereocenters. The Morgan fingerprint density at radius 1 is 0.571 bits per heavy atom. The smallest absolute Gasteiger partial charge is 0.148 e. The molecule has 0 radical (unpaired) electrons. The fraction of sp³-hybridized carbons (Fsp3) is 0.321. The predicted molar refractivity (Wildman–Crippen MR) is 258 cm³/mol. The van der Waals surface area contributed by atoms with Gasteiger partial charge in [-0.2, -0.15) is 0 Å². The summed E-state index contributed by atoms with van der Waals surface area (Å²) < 4.78 is 2.22. The van der Waals surface area contributed by atoms with Gasteiger partial charge in [-0.15, -0.1) is 6.07 Å². The summed E-state index contributed by atoms with van der Waals surface area (Å²) in [5.74, 6) is 1.53. The molecule has 4 aromatic heterocycles. The van der Waals surface area contributed by atoms with Crippen LogP contribution in [-0.4, -0.2) is 29.6 Å². The average molecular weight is 1010 g/mol. The van der Waals surface area contributed by atoms with Gasteiger partial charge in [0.2, 0.25) is 0 Å². The van der Waals surface area contributed by atoms with Gasteiger partial charge in [0.05, 0.1) is 16.6 Å². The normalized spacial score (nSPS) is 12.4. The fourth-order valence-corrected chi connectivity index (χ4v) is 8.38. The zero-order valence-corrected chi connectivity index (χ0v) is 41.3. The third-order valence-electron chi connectivity index (χ3n) is 12.2. The number of rotatable bonds is 7. The van der Waals surface area contributed by atoms with Crippen LogP contribution in [0.25, 0.3) is 72.4 Å². The molecule has 6 nitrogen and oxygen atoms in total. The first-order valence-electron chi connectivity index (χ1n) is 22.0. The second-order valence-electron chi connectivity index (χ2n) is 20.7. The van der Waals surface area contributed by atoms with Gasteiger partial charge in [0, 0.05) is 56.2 Å². The monoisotopic (exact) mass is 1010 g/mol. The van der Waals surface area contributed by atoms with Gasteiger partial charge in [0.1, 0.15) is 11.6 Å². The minimum absolute atomic E-state index is 0. The largest absolute Gasteiger partial charge is 0.507 e. The average Bonchev–Trinajstić information content (AvgIpc) is 3.61. The first-order valence-corrected chi connectivity index (χ1v) is 22.0. The van der Waals surface area contributed by atoms with Crippen LogP contribution in [0.3, 0.4) is 0 Å². The van der Waals surface area contributed by atoms with E-state index >= 15 is 0 Å². The summed E-state index contributed by atoms with van der Waals surface area (Å²) in [6.07, 6.45) is 9.41. The van der Waals surface area contributed by atoms with Gasteiger partial charge >= 0.3 is 0 Å². The molecule has 0 spiro atoms.